The fraction of sp³-hybridized carbons (Fsp3) is 0.615. The molecule has 0 fully saturated rings. The van der Waals surface area contributed by atoms with Gasteiger partial charge in [-0.05, 0) is 18.9 Å². The van der Waals surface area contributed by atoms with E-state index in [-0.39, 0.29) is 5.91 Å². The second-order valence-electron chi connectivity index (χ2n) is 4.15. The van der Waals surface area contributed by atoms with Gasteiger partial charge in [-0.15, -0.1) is 0 Å². The van der Waals surface area contributed by atoms with E-state index in [4.69, 9.17) is 4.74 Å². The Kier molecular flexibility index (Phi) is 7.50. The van der Waals surface area contributed by atoms with E-state index >= 15 is 0 Å². The van der Waals surface area contributed by atoms with E-state index in [1.807, 2.05) is 0 Å². The maximum Gasteiger partial charge on any atom is 0.270 e. The van der Waals surface area contributed by atoms with Crippen LogP contribution >= 0.6 is 0 Å². The molecule has 0 bridgehead atoms. The highest BCUT2D eigenvalue weighted by Crippen LogP contribution is 2.01. The Balaban J connectivity index is 2.43. The lowest BCUT2D eigenvalue weighted by molar-refractivity contribution is 0.0943. The fourth-order valence-corrected chi connectivity index (χ4v) is 1.46. The van der Waals surface area contributed by atoms with Crippen molar-refractivity contribution in [3.63, 3.8) is 0 Å². The highest BCUT2D eigenvalue weighted by atomic mass is 16.5. The van der Waals surface area contributed by atoms with E-state index in [1.165, 1.54) is 0 Å². The molecule has 1 rings (SSSR count). The van der Waals surface area contributed by atoms with Gasteiger partial charge in [0.1, 0.15) is 5.69 Å². The van der Waals surface area contributed by atoms with Crippen molar-refractivity contribution < 1.29 is 9.53 Å². The van der Waals surface area contributed by atoms with Gasteiger partial charge in [0, 0.05) is 33.0 Å². The van der Waals surface area contributed by atoms with Gasteiger partial charge in [0.05, 0.1) is 0 Å². The SMILES string of the molecule is CCCCNc1nccc(C(=O)NCCCOC)n1. The Hall–Kier alpha value is -1.69. The van der Waals surface area contributed by atoms with Gasteiger partial charge in [0.25, 0.3) is 5.91 Å². The molecule has 1 aromatic rings. The molecule has 106 valence electrons. The minimum atomic E-state index is -0.183. The summed E-state index contributed by atoms with van der Waals surface area (Å²) in [4.78, 5) is 20.1. The van der Waals surface area contributed by atoms with Gasteiger partial charge in [0.2, 0.25) is 5.95 Å². The Morgan fingerprint density at radius 1 is 1.37 bits per heavy atom. The molecule has 6 nitrogen and oxygen atoms in total. The first-order chi connectivity index (χ1) is 9.27. The summed E-state index contributed by atoms with van der Waals surface area (Å²) in [6.07, 6.45) is 4.53. The number of amides is 1. The Labute approximate surface area is 114 Å². The first-order valence-electron chi connectivity index (χ1n) is 6.62. The van der Waals surface area contributed by atoms with Gasteiger partial charge in [-0.3, -0.25) is 4.79 Å². The number of methoxy groups -OCH3 is 1. The largest absolute Gasteiger partial charge is 0.385 e. The van der Waals surface area contributed by atoms with Crippen molar-refractivity contribution in [3.8, 4) is 0 Å². The predicted molar refractivity (Wildman–Crippen MR) is 74.3 cm³/mol. The Morgan fingerprint density at radius 2 is 2.21 bits per heavy atom. The number of unbranched alkanes of at least 4 members (excludes halogenated alkanes) is 1. The molecule has 0 aromatic carbocycles. The van der Waals surface area contributed by atoms with Gasteiger partial charge in [-0.1, -0.05) is 13.3 Å². The molecule has 0 spiro atoms. The monoisotopic (exact) mass is 266 g/mol. The Bertz CT molecular complexity index is 385. The summed E-state index contributed by atoms with van der Waals surface area (Å²) in [7, 11) is 1.64. The third kappa shape index (κ3) is 6.15. The molecular weight excluding hydrogens is 244 g/mol. The van der Waals surface area contributed by atoms with Crippen molar-refractivity contribution in [1.29, 1.82) is 0 Å². The maximum absolute atomic E-state index is 11.8. The van der Waals surface area contributed by atoms with Gasteiger partial charge in [-0.25, -0.2) is 9.97 Å². The van der Waals surface area contributed by atoms with E-state index in [2.05, 4.69) is 27.5 Å². The minimum Gasteiger partial charge on any atom is -0.385 e. The van der Waals surface area contributed by atoms with Crippen LogP contribution in [0.15, 0.2) is 12.3 Å². The fourth-order valence-electron chi connectivity index (χ4n) is 1.46. The Morgan fingerprint density at radius 3 is 2.95 bits per heavy atom. The topological polar surface area (TPSA) is 76.1 Å². The van der Waals surface area contributed by atoms with Gasteiger partial charge in [0.15, 0.2) is 0 Å². The standard InChI is InChI=1S/C13H22N4O2/c1-3-4-7-15-13-16-9-6-11(17-13)12(18)14-8-5-10-19-2/h6,9H,3-5,7-8,10H2,1-2H3,(H,14,18)(H,15,16,17). The van der Waals surface area contributed by atoms with E-state index in [9.17, 15) is 4.79 Å². The van der Waals surface area contributed by atoms with Crippen LogP contribution in [0, 0.1) is 0 Å². The summed E-state index contributed by atoms with van der Waals surface area (Å²) in [5.41, 5.74) is 0.381. The lowest BCUT2D eigenvalue weighted by Gasteiger charge is -2.06. The molecule has 0 radical (unpaired) electrons. The van der Waals surface area contributed by atoms with Crippen LogP contribution in [0.4, 0.5) is 5.95 Å². The highest BCUT2D eigenvalue weighted by Gasteiger charge is 2.07. The molecule has 0 saturated carbocycles. The minimum absolute atomic E-state index is 0.183. The second kappa shape index (κ2) is 9.27. The van der Waals surface area contributed by atoms with Crippen molar-refractivity contribution >= 4 is 11.9 Å². The third-order valence-corrected chi connectivity index (χ3v) is 2.51. The zero-order chi connectivity index (χ0) is 13.9. The summed E-state index contributed by atoms with van der Waals surface area (Å²) in [5, 5.41) is 5.89. The number of nitrogens with one attached hydrogen (secondary N) is 2. The molecule has 6 heteroatoms. The zero-order valence-electron chi connectivity index (χ0n) is 11.6. The van der Waals surface area contributed by atoms with E-state index in [1.54, 1.807) is 19.4 Å². The molecular formula is C13H22N4O2. The molecule has 0 unspecified atom stereocenters. The highest BCUT2D eigenvalue weighted by molar-refractivity contribution is 5.92. The van der Waals surface area contributed by atoms with Crippen LogP contribution in [0.5, 0.6) is 0 Å². The molecule has 0 aliphatic carbocycles. The van der Waals surface area contributed by atoms with Crippen LogP contribution in [0.1, 0.15) is 36.7 Å². The van der Waals surface area contributed by atoms with Crippen LogP contribution in [0.25, 0.3) is 0 Å². The van der Waals surface area contributed by atoms with Gasteiger partial charge in [-0.2, -0.15) is 0 Å². The molecule has 1 amide bonds. The van der Waals surface area contributed by atoms with Crippen molar-refractivity contribution in [2.45, 2.75) is 26.2 Å². The number of ether oxygens (including phenoxy) is 1. The number of aromatic nitrogens is 2. The quantitative estimate of drug-likeness (QED) is 0.662. The van der Waals surface area contributed by atoms with Crippen molar-refractivity contribution in [2.75, 3.05) is 32.1 Å². The van der Waals surface area contributed by atoms with E-state index in [0.29, 0.717) is 24.8 Å². The lowest BCUT2D eigenvalue weighted by Crippen LogP contribution is -2.26. The number of carbonyl (C=O) groups is 1. The molecule has 19 heavy (non-hydrogen) atoms. The number of hydrogen-bond donors (Lipinski definition) is 2. The van der Waals surface area contributed by atoms with Crippen LogP contribution < -0.4 is 10.6 Å². The smallest absolute Gasteiger partial charge is 0.270 e. The average molecular weight is 266 g/mol. The number of hydrogen-bond acceptors (Lipinski definition) is 5. The molecule has 0 saturated heterocycles. The zero-order valence-corrected chi connectivity index (χ0v) is 11.6. The number of anilines is 1. The molecule has 1 aromatic heterocycles. The first kappa shape index (κ1) is 15.4. The number of carbonyl (C=O) groups excluding carboxylic acids is 1. The van der Waals surface area contributed by atoms with E-state index in [0.717, 1.165) is 25.8 Å². The van der Waals surface area contributed by atoms with Crippen molar-refractivity contribution in [3.05, 3.63) is 18.0 Å². The van der Waals surface area contributed by atoms with Crippen LogP contribution in [-0.4, -0.2) is 42.7 Å². The third-order valence-electron chi connectivity index (χ3n) is 2.51. The van der Waals surface area contributed by atoms with Crippen LogP contribution in [-0.2, 0) is 4.74 Å². The maximum atomic E-state index is 11.8. The second-order valence-corrected chi connectivity index (χ2v) is 4.15. The van der Waals surface area contributed by atoms with Crippen molar-refractivity contribution in [2.24, 2.45) is 0 Å². The normalized spacial score (nSPS) is 10.2. The van der Waals surface area contributed by atoms with Gasteiger partial charge >= 0.3 is 0 Å². The summed E-state index contributed by atoms with van der Waals surface area (Å²) in [6, 6.07) is 1.61. The summed E-state index contributed by atoms with van der Waals surface area (Å²) < 4.78 is 4.92. The first-order valence-corrected chi connectivity index (χ1v) is 6.62. The predicted octanol–water partition coefficient (Wildman–Crippen LogP) is 1.45. The summed E-state index contributed by atoms with van der Waals surface area (Å²) in [5.74, 6) is 0.315. The molecule has 0 aliphatic rings. The van der Waals surface area contributed by atoms with E-state index < -0.39 is 0 Å². The average Bonchev–Trinajstić information content (AvgIpc) is 2.44. The molecule has 2 N–H and O–H groups in total. The molecule has 0 atom stereocenters. The molecule has 0 aliphatic heterocycles. The van der Waals surface area contributed by atoms with Gasteiger partial charge < -0.3 is 15.4 Å². The van der Waals surface area contributed by atoms with Crippen molar-refractivity contribution in [1.82, 2.24) is 15.3 Å². The number of nitrogens with zero attached hydrogens (tertiary/aromatic N) is 2. The van der Waals surface area contributed by atoms with Crippen LogP contribution in [0.3, 0.4) is 0 Å². The number of rotatable bonds is 9. The summed E-state index contributed by atoms with van der Waals surface area (Å²) >= 11 is 0. The lowest BCUT2D eigenvalue weighted by atomic mass is 10.3. The summed E-state index contributed by atoms with van der Waals surface area (Å²) in [6.45, 7) is 4.14. The van der Waals surface area contributed by atoms with Crippen LogP contribution in [0.2, 0.25) is 0 Å². The molecule has 1 heterocycles.